The normalized spacial score (nSPS) is 10.4. The van der Waals surface area contributed by atoms with Gasteiger partial charge in [-0.3, -0.25) is 9.59 Å². The van der Waals surface area contributed by atoms with E-state index >= 15 is 0 Å². The first-order valence-corrected chi connectivity index (χ1v) is 7.19. The number of rotatable bonds is 6. The van der Waals surface area contributed by atoms with Crippen LogP contribution in [0.25, 0.3) is 0 Å². The van der Waals surface area contributed by atoms with Crippen LogP contribution in [-0.2, 0) is 4.79 Å². The predicted octanol–water partition coefficient (Wildman–Crippen LogP) is 2.18. The van der Waals surface area contributed by atoms with E-state index in [0.29, 0.717) is 24.6 Å². The lowest BCUT2D eigenvalue weighted by Crippen LogP contribution is -2.32. The molecule has 0 atom stereocenters. The molecule has 0 aliphatic rings. The Morgan fingerprint density at radius 3 is 2.60 bits per heavy atom. The minimum Gasteiger partial charge on any atom is -0.356 e. The van der Waals surface area contributed by atoms with Crippen LogP contribution >= 0.6 is 12.6 Å². The first-order chi connectivity index (χ1) is 9.40. The number of hydrogen-bond acceptors (Lipinski definition) is 3. The zero-order chi connectivity index (χ0) is 15.1. The van der Waals surface area contributed by atoms with Crippen molar-refractivity contribution in [2.24, 2.45) is 5.92 Å². The van der Waals surface area contributed by atoms with Crippen LogP contribution in [0.1, 0.15) is 36.2 Å². The molecule has 1 rings (SSSR count). The van der Waals surface area contributed by atoms with Crippen molar-refractivity contribution in [3.05, 3.63) is 29.3 Å². The Hall–Kier alpha value is -1.49. The molecule has 0 spiro atoms. The van der Waals surface area contributed by atoms with Gasteiger partial charge in [-0.2, -0.15) is 0 Å². The lowest BCUT2D eigenvalue weighted by Gasteiger charge is -2.09. The van der Waals surface area contributed by atoms with Gasteiger partial charge in [-0.15, -0.1) is 12.6 Å². The fraction of sp³-hybridized carbons (Fsp3) is 0.467. The van der Waals surface area contributed by atoms with Crippen molar-refractivity contribution in [2.75, 3.05) is 13.1 Å². The molecule has 0 radical (unpaired) electrons. The SMILES string of the molecule is Cc1ccc(S)cc1C(=O)NCCC(=O)NCC(C)C. The summed E-state index contributed by atoms with van der Waals surface area (Å²) in [6.45, 7) is 6.94. The number of aryl methyl sites for hydroxylation is 1. The molecule has 1 aromatic rings. The summed E-state index contributed by atoms with van der Waals surface area (Å²) >= 11 is 4.22. The highest BCUT2D eigenvalue weighted by Crippen LogP contribution is 2.13. The van der Waals surface area contributed by atoms with E-state index in [-0.39, 0.29) is 18.2 Å². The largest absolute Gasteiger partial charge is 0.356 e. The Bertz CT molecular complexity index is 487. The molecule has 2 N–H and O–H groups in total. The van der Waals surface area contributed by atoms with Gasteiger partial charge in [-0.25, -0.2) is 0 Å². The number of carbonyl (C=O) groups is 2. The molecule has 0 aliphatic heterocycles. The van der Waals surface area contributed by atoms with Crippen molar-refractivity contribution < 1.29 is 9.59 Å². The third kappa shape index (κ3) is 5.65. The minimum absolute atomic E-state index is 0.0429. The van der Waals surface area contributed by atoms with E-state index < -0.39 is 0 Å². The van der Waals surface area contributed by atoms with Gasteiger partial charge in [0.2, 0.25) is 5.91 Å². The van der Waals surface area contributed by atoms with Gasteiger partial charge in [0.05, 0.1) is 0 Å². The summed E-state index contributed by atoms with van der Waals surface area (Å²) in [7, 11) is 0. The Labute approximate surface area is 125 Å². The first kappa shape index (κ1) is 16.6. The van der Waals surface area contributed by atoms with Crippen molar-refractivity contribution in [3.8, 4) is 0 Å². The van der Waals surface area contributed by atoms with Crippen LogP contribution in [-0.4, -0.2) is 24.9 Å². The molecule has 0 saturated heterocycles. The van der Waals surface area contributed by atoms with Gasteiger partial charge in [0, 0.05) is 30.0 Å². The van der Waals surface area contributed by atoms with E-state index in [2.05, 4.69) is 23.3 Å². The van der Waals surface area contributed by atoms with Gasteiger partial charge in [0.15, 0.2) is 0 Å². The summed E-state index contributed by atoms with van der Waals surface area (Å²) in [4.78, 5) is 24.2. The molecule has 0 aliphatic carbocycles. The molecule has 1 aromatic carbocycles. The fourth-order valence-corrected chi connectivity index (χ4v) is 1.85. The fourth-order valence-electron chi connectivity index (χ4n) is 1.65. The highest BCUT2D eigenvalue weighted by Gasteiger charge is 2.09. The maximum Gasteiger partial charge on any atom is 0.251 e. The number of carbonyl (C=O) groups excluding carboxylic acids is 2. The van der Waals surface area contributed by atoms with Crippen LogP contribution in [0, 0.1) is 12.8 Å². The molecule has 2 amide bonds. The van der Waals surface area contributed by atoms with Gasteiger partial charge in [-0.1, -0.05) is 19.9 Å². The average molecular weight is 294 g/mol. The molecule has 4 nitrogen and oxygen atoms in total. The number of hydrogen-bond donors (Lipinski definition) is 3. The van der Waals surface area contributed by atoms with Gasteiger partial charge < -0.3 is 10.6 Å². The van der Waals surface area contributed by atoms with E-state index in [1.807, 2.05) is 32.9 Å². The van der Waals surface area contributed by atoms with Crippen LogP contribution in [0.3, 0.4) is 0 Å². The Balaban J connectivity index is 2.40. The van der Waals surface area contributed by atoms with Gasteiger partial charge in [-0.05, 0) is 30.5 Å². The zero-order valence-corrected chi connectivity index (χ0v) is 13.1. The Morgan fingerprint density at radius 1 is 1.25 bits per heavy atom. The van der Waals surface area contributed by atoms with Crippen molar-refractivity contribution in [1.82, 2.24) is 10.6 Å². The molecule has 0 unspecified atom stereocenters. The van der Waals surface area contributed by atoms with Crippen LogP contribution < -0.4 is 10.6 Å². The molecular weight excluding hydrogens is 272 g/mol. The molecule has 0 fully saturated rings. The number of nitrogens with one attached hydrogen (secondary N) is 2. The first-order valence-electron chi connectivity index (χ1n) is 6.74. The quantitative estimate of drug-likeness (QED) is 0.704. The summed E-state index contributed by atoms with van der Waals surface area (Å²) in [5.74, 6) is 0.211. The molecule has 0 heterocycles. The molecular formula is C15H22N2O2S. The summed E-state index contributed by atoms with van der Waals surface area (Å²) in [6.07, 6.45) is 0.290. The van der Waals surface area contributed by atoms with E-state index in [9.17, 15) is 9.59 Å². The molecule has 5 heteroatoms. The van der Waals surface area contributed by atoms with Gasteiger partial charge in [0.25, 0.3) is 5.91 Å². The third-order valence-corrected chi connectivity index (χ3v) is 3.09. The van der Waals surface area contributed by atoms with E-state index in [1.165, 1.54) is 0 Å². The zero-order valence-electron chi connectivity index (χ0n) is 12.2. The average Bonchev–Trinajstić information content (AvgIpc) is 2.39. The van der Waals surface area contributed by atoms with Crippen LogP contribution in [0.4, 0.5) is 0 Å². The van der Waals surface area contributed by atoms with Gasteiger partial charge >= 0.3 is 0 Å². The maximum absolute atomic E-state index is 12.0. The van der Waals surface area contributed by atoms with Crippen molar-refractivity contribution in [2.45, 2.75) is 32.1 Å². The summed E-state index contributed by atoms with van der Waals surface area (Å²) < 4.78 is 0. The van der Waals surface area contributed by atoms with Gasteiger partial charge in [0.1, 0.15) is 0 Å². The second-order valence-corrected chi connectivity index (χ2v) is 5.72. The second-order valence-electron chi connectivity index (χ2n) is 5.20. The standard InChI is InChI=1S/C15H22N2O2S/c1-10(2)9-17-14(18)6-7-16-15(19)13-8-12(20)5-4-11(13)3/h4-5,8,10,20H,6-7,9H2,1-3H3,(H,16,19)(H,17,18). The Morgan fingerprint density at radius 2 is 1.95 bits per heavy atom. The monoisotopic (exact) mass is 294 g/mol. The maximum atomic E-state index is 12.0. The van der Waals surface area contributed by atoms with Crippen LogP contribution in [0.5, 0.6) is 0 Å². The van der Waals surface area contributed by atoms with Crippen molar-refractivity contribution in [1.29, 1.82) is 0 Å². The third-order valence-electron chi connectivity index (χ3n) is 2.81. The minimum atomic E-state index is -0.171. The number of thiol groups is 1. The van der Waals surface area contributed by atoms with E-state index in [4.69, 9.17) is 0 Å². The number of benzene rings is 1. The van der Waals surface area contributed by atoms with Crippen molar-refractivity contribution in [3.63, 3.8) is 0 Å². The highest BCUT2D eigenvalue weighted by atomic mass is 32.1. The molecule has 0 bridgehead atoms. The topological polar surface area (TPSA) is 58.2 Å². The number of amides is 2. The summed E-state index contributed by atoms with van der Waals surface area (Å²) in [5, 5.41) is 5.57. The van der Waals surface area contributed by atoms with E-state index in [0.717, 1.165) is 10.5 Å². The van der Waals surface area contributed by atoms with E-state index in [1.54, 1.807) is 6.07 Å². The van der Waals surface area contributed by atoms with Crippen LogP contribution in [0.2, 0.25) is 0 Å². The Kier molecular flexibility index (Phi) is 6.58. The summed E-state index contributed by atoms with van der Waals surface area (Å²) in [6, 6.07) is 5.42. The van der Waals surface area contributed by atoms with Crippen LogP contribution in [0.15, 0.2) is 23.1 Å². The second kappa shape index (κ2) is 7.94. The van der Waals surface area contributed by atoms with Crippen molar-refractivity contribution >= 4 is 24.4 Å². The molecule has 0 saturated carbocycles. The highest BCUT2D eigenvalue weighted by molar-refractivity contribution is 7.80. The predicted molar refractivity (Wildman–Crippen MR) is 83.2 cm³/mol. The lowest BCUT2D eigenvalue weighted by molar-refractivity contribution is -0.121. The lowest BCUT2D eigenvalue weighted by atomic mass is 10.1. The smallest absolute Gasteiger partial charge is 0.251 e. The summed E-state index contributed by atoms with van der Waals surface area (Å²) in [5.41, 5.74) is 1.49. The molecule has 20 heavy (non-hydrogen) atoms. The molecule has 0 aromatic heterocycles. The molecule has 110 valence electrons.